The molecule has 0 N–H and O–H groups in total. The Balaban J connectivity index is 1.09. The van der Waals surface area contributed by atoms with Gasteiger partial charge >= 0.3 is 0 Å². The van der Waals surface area contributed by atoms with Crippen molar-refractivity contribution in [2.45, 2.75) is 142 Å². The highest BCUT2D eigenvalue weighted by molar-refractivity contribution is 6.20. The van der Waals surface area contributed by atoms with Gasteiger partial charge in [-0.05, 0) is 114 Å². The van der Waals surface area contributed by atoms with E-state index in [0.29, 0.717) is 22.9 Å². The summed E-state index contributed by atoms with van der Waals surface area (Å²) in [7, 11) is 0. The Bertz CT molecular complexity index is 3590. The van der Waals surface area contributed by atoms with Crippen LogP contribution in [0.4, 0.5) is 0 Å². The van der Waals surface area contributed by atoms with Crippen molar-refractivity contribution in [3.63, 3.8) is 0 Å². The molecule has 0 unspecified atom stereocenters. The van der Waals surface area contributed by atoms with Gasteiger partial charge in [-0.25, -0.2) is 9.97 Å². The van der Waals surface area contributed by atoms with Gasteiger partial charge < -0.3 is 13.6 Å². The fourth-order valence-corrected chi connectivity index (χ4v) is 13.3. The van der Waals surface area contributed by atoms with Crippen LogP contribution in [0.1, 0.15) is 143 Å². The molecular formula is C64H64N2O3. The number of pyridine rings is 2. The van der Waals surface area contributed by atoms with Gasteiger partial charge in [0.25, 0.3) is 0 Å². The maximum atomic E-state index is 7.07. The molecule has 0 saturated heterocycles. The molecule has 6 aromatic carbocycles. The SMILES string of the molecule is CC(C)(C)c1cccc(-c2nc(Oc3cc4oc5c6ccc7c(c6ccc5c4c(-c4cccc(C(C)(C)C)c4)n3)C(C)(C)CC7(C)C)cc3oc4c5ccc6c(c5ccc4c23)C(C)(C)CC6(C)C)c1. The van der Waals surface area contributed by atoms with Crippen molar-refractivity contribution < 1.29 is 13.6 Å². The summed E-state index contributed by atoms with van der Waals surface area (Å²) in [5.74, 6) is 0.794. The standard InChI is InChI=1S/C64H64N2O3/c1-59(2,3)37-19-15-17-35(29-37)55-51-43-23-21-39-41(25-27-45-53(39)63(11,12)33-61(45,7)8)57(43)67-47(51)31-49(65-55)69-50-32-48-52(56(66-50)36-18-16-20-38(30-36)60(4,5)6)44-24-22-40-42(58(44)68-48)26-28-46-54(40)64(13,14)34-62(46,9)10/h15-32H,33-34H2,1-14H3. The molecule has 4 aromatic heterocycles. The van der Waals surface area contributed by atoms with Crippen LogP contribution in [0, 0.1) is 0 Å². The average Bonchev–Trinajstić information content (AvgIpc) is 3.95. The second-order valence-electron chi connectivity index (χ2n) is 25.3. The molecule has 0 saturated carbocycles. The molecule has 4 heterocycles. The summed E-state index contributed by atoms with van der Waals surface area (Å²) < 4.78 is 21.1. The van der Waals surface area contributed by atoms with E-state index in [9.17, 15) is 0 Å². The second kappa shape index (κ2) is 14.1. The van der Waals surface area contributed by atoms with Crippen molar-refractivity contribution in [2.24, 2.45) is 0 Å². The topological polar surface area (TPSA) is 61.3 Å². The Kier molecular flexibility index (Phi) is 8.94. The minimum absolute atomic E-state index is 0.0290. The summed E-state index contributed by atoms with van der Waals surface area (Å²) in [6.07, 6.45) is 2.19. The predicted molar refractivity (Wildman–Crippen MR) is 288 cm³/mol. The number of hydrogen-bond donors (Lipinski definition) is 0. The van der Waals surface area contributed by atoms with Crippen molar-refractivity contribution >= 4 is 65.4 Å². The molecule has 10 aromatic rings. The van der Waals surface area contributed by atoms with Crippen molar-refractivity contribution in [3.05, 3.63) is 143 Å². The lowest BCUT2D eigenvalue weighted by atomic mass is 9.81. The van der Waals surface area contributed by atoms with Gasteiger partial charge in [0, 0.05) is 44.8 Å². The van der Waals surface area contributed by atoms with Crippen LogP contribution in [-0.2, 0) is 32.5 Å². The highest BCUT2D eigenvalue weighted by Gasteiger charge is 2.44. The molecule has 0 radical (unpaired) electrons. The van der Waals surface area contributed by atoms with Gasteiger partial charge in [0.15, 0.2) is 0 Å². The van der Waals surface area contributed by atoms with E-state index in [2.05, 4.69) is 194 Å². The first-order chi connectivity index (χ1) is 32.4. The zero-order valence-electron chi connectivity index (χ0n) is 42.9. The summed E-state index contributed by atoms with van der Waals surface area (Å²) in [5, 5.41) is 8.76. The largest absolute Gasteiger partial charge is 0.455 e. The van der Waals surface area contributed by atoms with Crippen LogP contribution < -0.4 is 4.74 Å². The minimum Gasteiger partial charge on any atom is -0.455 e. The molecule has 0 fully saturated rings. The highest BCUT2D eigenvalue weighted by Crippen LogP contribution is 2.55. The Hall–Kier alpha value is -6.46. The second-order valence-corrected chi connectivity index (χ2v) is 25.3. The van der Waals surface area contributed by atoms with Gasteiger partial charge in [-0.2, -0.15) is 0 Å². The first kappa shape index (κ1) is 43.8. The molecule has 0 spiro atoms. The van der Waals surface area contributed by atoms with E-state index in [1.54, 1.807) is 0 Å². The van der Waals surface area contributed by atoms with Crippen LogP contribution in [-0.4, -0.2) is 9.97 Å². The number of aromatic nitrogens is 2. The summed E-state index contributed by atoms with van der Waals surface area (Å²) in [6, 6.07) is 39.7. The number of fused-ring (bicyclic) bond motifs is 14. The quantitative estimate of drug-likeness (QED) is 0.176. The van der Waals surface area contributed by atoms with Gasteiger partial charge in [-0.3, -0.25) is 0 Å². The third-order valence-electron chi connectivity index (χ3n) is 16.0. The van der Waals surface area contributed by atoms with Crippen LogP contribution in [0.2, 0.25) is 0 Å². The number of benzene rings is 6. The first-order valence-corrected chi connectivity index (χ1v) is 25.0. The molecule has 0 atom stereocenters. The molecule has 5 heteroatoms. The summed E-state index contributed by atoms with van der Waals surface area (Å²) >= 11 is 0. The zero-order chi connectivity index (χ0) is 48.5. The Morgan fingerprint density at radius 1 is 0.435 bits per heavy atom. The number of hydrogen-bond acceptors (Lipinski definition) is 5. The zero-order valence-corrected chi connectivity index (χ0v) is 42.9. The minimum atomic E-state index is -0.0658. The molecule has 2 aliphatic rings. The molecular weight excluding hydrogens is 845 g/mol. The van der Waals surface area contributed by atoms with E-state index in [-0.39, 0.29) is 32.5 Å². The smallest absolute Gasteiger partial charge is 0.225 e. The van der Waals surface area contributed by atoms with Gasteiger partial charge in [0.2, 0.25) is 11.8 Å². The van der Waals surface area contributed by atoms with Crippen molar-refractivity contribution in [3.8, 4) is 34.3 Å². The molecule has 0 amide bonds. The Labute approximate surface area is 406 Å². The predicted octanol–water partition coefficient (Wildman–Crippen LogP) is 18.2. The monoisotopic (exact) mass is 908 g/mol. The van der Waals surface area contributed by atoms with E-state index < -0.39 is 0 Å². The third kappa shape index (κ3) is 6.62. The maximum absolute atomic E-state index is 7.07. The molecule has 348 valence electrons. The van der Waals surface area contributed by atoms with Crippen LogP contribution in [0.25, 0.3) is 87.9 Å². The van der Waals surface area contributed by atoms with E-state index in [1.165, 1.54) is 44.2 Å². The van der Waals surface area contributed by atoms with Crippen LogP contribution >= 0.6 is 0 Å². The lowest BCUT2D eigenvalue weighted by molar-refractivity contribution is 0.403. The van der Waals surface area contributed by atoms with E-state index >= 15 is 0 Å². The van der Waals surface area contributed by atoms with Gasteiger partial charge in [0.05, 0.1) is 22.2 Å². The van der Waals surface area contributed by atoms with Gasteiger partial charge in [-0.1, -0.05) is 170 Å². The lowest BCUT2D eigenvalue weighted by Crippen LogP contribution is -2.18. The Morgan fingerprint density at radius 3 is 1.20 bits per heavy atom. The van der Waals surface area contributed by atoms with E-state index in [1.807, 2.05) is 12.1 Å². The summed E-state index contributed by atoms with van der Waals surface area (Å²) in [6.45, 7) is 32.5. The van der Waals surface area contributed by atoms with Crippen molar-refractivity contribution in [2.75, 3.05) is 0 Å². The summed E-state index contributed by atoms with van der Waals surface area (Å²) in [5.41, 5.74) is 15.0. The maximum Gasteiger partial charge on any atom is 0.225 e. The fraction of sp³-hybridized carbons (Fsp3) is 0.344. The molecule has 5 nitrogen and oxygen atoms in total. The van der Waals surface area contributed by atoms with Crippen LogP contribution in [0.3, 0.4) is 0 Å². The van der Waals surface area contributed by atoms with Gasteiger partial charge in [0.1, 0.15) is 22.3 Å². The number of rotatable bonds is 4. The lowest BCUT2D eigenvalue weighted by Gasteiger charge is -2.23. The third-order valence-corrected chi connectivity index (χ3v) is 16.0. The normalized spacial score (nSPS) is 17.2. The van der Waals surface area contributed by atoms with Crippen LogP contribution in [0.5, 0.6) is 11.8 Å². The Morgan fingerprint density at radius 2 is 0.812 bits per heavy atom. The fourth-order valence-electron chi connectivity index (χ4n) is 13.3. The van der Waals surface area contributed by atoms with Crippen LogP contribution in [0.15, 0.2) is 118 Å². The molecule has 2 aliphatic carbocycles. The average molecular weight is 909 g/mol. The number of ether oxygens (including phenoxy) is 1. The molecule has 69 heavy (non-hydrogen) atoms. The molecule has 0 aliphatic heterocycles. The van der Waals surface area contributed by atoms with E-state index in [4.69, 9.17) is 23.5 Å². The number of nitrogens with zero attached hydrogens (tertiary/aromatic N) is 2. The summed E-state index contributed by atoms with van der Waals surface area (Å²) in [4.78, 5) is 10.8. The van der Waals surface area contributed by atoms with Gasteiger partial charge in [-0.15, -0.1) is 0 Å². The van der Waals surface area contributed by atoms with Crippen molar-refractivity contribution in [1.82, 2.24) is 9.97 Å². The van der Waals surface area contributed by atoms with Crippen molar-refractivity contribution in [1.29, 1.82) is 0 Å². The first-order valence-electron chi connectivity index (χ1n) is 25.0. The molecule has 0 bridgehead atoms. The highest BCUT2D eigenvalue weighted by atomic mass is 16.5. The molecule has 12 rings (SSSR count). The number of furan rings is 2. The van der Waals surface area contributed by atoms with E-state index in [0.717, 1.165) is 78.8 Å².